The quantitative estimate of drug-likeness (QED) is 0.689. The third-order valence-electron chi connectivity index (χ3n) is 7.09. The molecule has 4 rings (SSSR count). The van der Waals surface area contributed by atoms with E-state index in [2.05, 4.69) is 10.4 Å². The molecule has 1 amide bonds. The third kappa shape index (κ3) is 4.13. The van der Waals surface area contributed by atoms with Crippen molar-refractivity contribution in [2.75, 3.05) is 13.1 Å². The molecule has 1 aromatic carbocycles. The predicted octanol–water partition coefficient (Wildman–Crippen LogP) is 3.01. The number of rotatable bonds is 6. The smallest absolute Gasteiger partial charge is 0.307 e. The maximum absolute atomic E-state index is 14.3. The van der Waals surface area contributed by atoms with Gasteiger partial charge in [-0.25, -0.2) is 4.39 Å². The van der Waals surface area contributed by atoms with Crippen LogP contribution in [0.25, 0.3) is 0 Å². The molecule has 2 atom stereocenters. The zero-order chi connectivity index (χ0) is 23.2. The van der Waals surface area contributed by atoms with Crippen molar-refractivity contribution in [3.8, 4) is 0 Å². The van der Waals surface area contributed by atoms with Gasteiger partial charge < -0.3 is 15.3 Å². The molecule has 0 radical (unpaired) electrons. The van der Waals surface area contributed by atoms with Gasteiger partial charge in [0.25, 0.3) is 0 Å². The maximum atomic E-state index is 14.3. The number of hydrogen-bond donors (Lipinski definition) is 2. The SMILES string of the molecule is Cc1nn(Cc2ccc(Cl)cc2F)c2c1CCN(C(=O)CNC1CC(C(=O)O)C1(C)C)C2. The van der Waals surface area contributed by atoms with E-state index >= 15 is 0 Å². The molecule has 2 heterocycles. The van der Waals surface area contributed by atoms with Gasteiger partial charge in [0.15, 0.2) is 0 Å². The first kappa shape index (κ1) is 22.7. The number of amides is 1. The van der Waals surface area contributed by atoms with Crippen molar-refractivity contribution in [2.45, 2.75) is 52.7 Å². The second kappa shape index (κ2) is 8.48. The van der Waals surface area contributed by atoms with Crippen LogP contribution in [-0.4, -0.2) is 50.8 Å². The monoisotopic (exact) mass is 462 g/mol. The number of carbonyl (C=O) groups excluding carboxylic acids is 1. The number of fused-ring (bicyclic) bond motifs is 1. The van der Waals surface area contributed by atoms with Gasteiger partial charge in [0.2, 0.25) is 5.91 Å². The summed E-state index contributed by atoms with van der Waals surface area (Å²) >= 11 is 5.86. The van der Waals surface area contributed by atoms with Gasteiger partial charge in [-0.1, -0.05) is 31.5 Å². The lowest BCUT2D eigenvalue weighted by molar-refractivity contribution is -0.155. The number of nitrogens with zero attached hydrogens (tertiary/aromatic N) is 3. The summed E-state index contributed by atoms with van der Waals surface area (Å²) in [5.74, 6) is -1.59. The summed E-state index contributed by atoms with van der Waals surface area (Å²) in [7, 11) is 0. The fourth-order valence-corrected chi connectivity index (χ4v) is 5.00. The van der Waals surface area contributed by atoms with Crippen LogP contribution in [0.3, 0.4) is 0 Å². The average Bonchev–Trinajstić information content (AvgIpc) is 3.03. The second-order valence-corrected chi connectivity index (χ2v) is 9.79. The molecule has 0 spiro atoms. The molecule has 172 valence electrons. The van der Waals surface area contributed by atoms with Gasteiger partial charge in [0.1, 0.15) is 5.82 Å². The molecular formula is C23H28ClFN4O3. The minimum absolute atomic E-state index is 0.00597. The van der Waals surface area contributed by atoms with E-state index in [0.29, 0.717) is 36.5 Å². The van der Waals surface area contributed by atoms with Crippen LogP contribution in [-0.2, 0) is 29.1 Å². The minimum Gasteiger partial charge on any atom is -0.481 e. The van der Waals surface area contributed by atoms with E-state index in [-0.39, 0.29) is 36.3 Å². The highest BCUT2D eigenvalue weighted by Gasteiger charge is 2.51. The lowest BCUT2D eigenvalue weighted by Crippen LogP contribution is -2.60. The van der Waals surface area contributed by atoms with Gasteiger partial charge in [-0.15, -0.1) is 0 Å². The topological polar surface area (TPSA) is 87.5 Å². The molecule has 0 saturated heterocycles. The number of carboxylic acids is 1. The van der Waals surface area contributed by atoms with E-state index in [1.165, 1.54) is 6.07 Å². The van der Waals surface area contributed by atoms with Crippen molar-refractivity contribution in [3.05, 3.63) is 51.6 Å². The molecule has 2 N–H and O–H groups in total. The number of aryl methyl sites for hydroxylation is 1. The normalized spacial score (nSPS) is 21.7. The Morgan fingerprint density at radius 3 is 2.78 bits per heavy atom. The Hall–Kier alpha value is -2.45. The number of aromatic nitrogens is 2. The first-order chi connectivity index (χ1) is 15.1. The first-order valence-electron chi connectivity index (χ1n) is 10.8. The maximum Gasteiger partial charge on any atom is 0.307 e. The zero-order valence-corrected chi connectivity index (χ0v) is 19.2. The molecule has 2 aromatic rings. The summed E-state index contributed by atoms with van der Waals surface area (Å²) in [6.45, 7) is 7.22. The number of hydrogen-bond acceptors (Lipinski definition) is 4. The number of halogens is 2. The molecule has 1 aliphatic carbocycles. The van der Waals surface area contributed by atoms with Gasteiger partial charge in [0, 0.05) is 23.2 Å². The summed E-state index contributed by atoms with van der Waals surface area (Å²) in [5, 5.41) is 17.5. The summed E-state index contributed by atoms with van der Waals surface area (Å²) in [4.78, 5) is 26.0. The van der Waals surface area contributed by atoms with Crippen molar-refractivity contribution < 1.29 is 19.1 Å². The molecule has 32 heavy (non-hydrogen) atoms. The molecule has 1 fully saturated rings. The Morgan fingerprint density at radius 2 is 2.12 bits per heavy atom. The molecular weight excluding hydrogens is 435 g/mol. The van der Waals surface area contributed by atoms with Crippen molar-refractivity contribution in [3.63, 3.8) is 0 Å². The van der Waals surface area contributed by atoms with Crippen LogP contribution in [0.4, 0.5) is 4.39 Å². The first-order valence-corrected chi connectivity index (χ1v) is 11.2. The molecule has 2 unspecified atom stereocenters. The van der Waals surface area contributed by atoms with Crippen LogP contribution < -0.4 is 5.32 Å². The number of benzene rings is 1. The second-order valence-electron chi connectivity index (χ2n) is 9.35. The molecule has 0 bridgehead atoms. The van der Waals surface area contributed by atoms with Gasteiger partial charge in [0.05, 0.1) is 36.9 Å². The lowest BCUT2D eigenvalue weighted by Gasteiger charge is -2.50. The van der Waals surface area contributed by atoms with Gasteiger partial charge in [-0.2, -0.15) is 5.10 Å². The summed E-state index contributed by atoms with van der Waals surface area (Å²) < 4.78 is 16.1. The van der Waals surface area contributed by atoms with E-state index in [9.17, 15) is 19.1 Å². The van der Waals surface area contributed by atoms with E-state index < -0.39 is 11.9 Å². The number of aliphatic carboxylic acids is 1. The summed E-state index contributed by atoms with van der Waals surface area (Å²) in [6.07, 6.45) is 1.23. The number of nitrogens with one attached hydrogen (secondary N) is 1. The summed E-state index contributed by atoms with van der Waals surface area (Å²) in [6, 6.07) is 4.59. The Balaban J connectivity index is 1.42. The Morgan fingerprint density at radius 1 is 1.38 bits per heavy atom. The van der Waals surface area contributed by atoms with E-state index in [4.69, 9.17) is 11.6 Å². The average molecular weight is 463 g/mol. The fraction of sp³-hybridized carbons (Fsp3) is 0.522. The Kier molecular flexibility index (Phi) is 6.02. The molecule has 1 saturated carbocycles. The summed E-state index contributed by atoms with van der Waals surface area (Å²) in [5.41, 5.74) is 3.03. The highest BCUT2D eigenvalue weighted by molar-refractivity contribution is 6.30. The Bertz CT molecular complexity index is 1070. The Labute approximate surface area is 191 Å². The zero-order valence-electron chi connectivity index (χ0n) is 18.5. The third-order valence-corrected chi connectivity index (χ3v) is 7.33. The molecule has 2 aliphatic rings. The van der Waals surface area contributed by atoms with Crippen LogP contribution in [0.15, 0.2) is 18.2 Å². The van der Waals surface area contributed by atoms with Crippen LogP contribution in [0.2, 0.25) is 5.02 Å². The van der Waals surface area contributed by atoms with Gasteiger partial charge in [-0.05, 0) is 42.9 Å². The standard InChI is InChI=1S/C23H28ClFN4O3/c1-13-16-6-7-28(21(30)10-26-20-9-17(22(31)32)23(20,2)3)12-19(16)29(27-13)11-14-4-5-15(24)8-18(14)25/h4-5,8,17,20,26H,6-7,9-12H2,1-3H3,(H,31,32). The van der Waals surface area contributed by atoms with E-state index in [1.54, 1.807) is 21.7 Å². The minimum atomic E-state index is -0.788. The number of carbonyl (C=O) groups is 2. The molecule has 1 aliphatic heterocycles. The lowest BCUT2D eigenvalue weighted by atomic mass is 9.58. The molecule has 1 aromatic heterocycles. The molecule has 7 nitrogen and oxygen atoms in total. The highest BCUT2D eigenvalue weighted by atomic mass is 35.5. The van der Waals surface area contributed by atoms with Crippen LogP contribution >= 0.6 is 11.6 Å². The largest absolute Gasteiger partial charge is 0.481 e. The molecule has 9 heteroatoms. The van der Waals surface area contributed by atoms with Crippen molar-refractivity contribution >= 4 is 23.5 Å². The fourth-order valence-electron chi connectivity index (χ4n) is 4.84. The highest BCUT2D eigenvalue weighted by Crippen LogP contribution is 2.46. The van der Waals surface area contributed by atoms with Gasteiger partial charge >= 0.3 is 5.97 Å². The van der Waals surface area contributed by atoms with Crippen LogP contribution in [0.1, 0.15) is 42.8 Å². The van der Waals surface area contributed by atoms with Crippen molar-refractivity contribution in [1.29, 1.82) is 0 Å². The van der Waals surface area contributed by atoms with E-state index in [1.807, 2.05) is 20.8 Å². The van der Waals surface area contributed by atoms with E-state index in [0.717, 1.165) is 17.0 Å². The number of carboxylic acid groups (broad SMARTS) is 1. The van der Waals surface area contributed by atoms with Gasteiger partial charge in [-0.3, -0.25) is 14.3 Å². The van der Waals surface area contributed by atoms with Crippen LogP contribution in [0, 0.1) is 24.1 Å². The van der Waals surface area contributed by atoms with Crippen molar-refractivity contribution in [1.82, 2.24) is 20.0 Å². The van der Waals surface area contributed by atoms with Crippen molar-refractivity contribution in [2.24, 2.45) is 11.3 Å². The predicted molar refractivity (Wildman–Crippen MR) is 118 cm³/mol. The van der Waals surface area contributed by atoms with Crippen LogP contribution in [0.5, 0.6) is 0 Å².